The molecule has 0 aromatic heterocycles. The summed E-state index contributed by atoms with van der Waals surface area (Å²) in [7, 11) is 0. The molecular formula is C7H14ClNO. The van der Waals surface area contributed by atoms with Gasteiger partial charge in [-0.1, -0.05) is 6.92 Å². The molecule has 3 atom stereocenters. The molecule has 1 N–H and O–H groups in total. The third-order valence-electron chi connectivity index (χ3n) is 2.51. The van der Waals surface area contributed by atoms with Gasteiger partial charge in [0.15, 0.2) is 0 Å². The number of hydrogen-bond acceptors (Lipinski definition) is 2. The first kappa shape index (κ1) is 8.31. The minimum Gasteiger partial charge on any atom is -0.376 e. The summed E-state index contributed by atoms with van der Waals surface area (Å²) < 4.78 is 5.53. The largest absolute Gasteiger partial charge is 0.376 e. The molecule has 3 heteroatoms. The van der Waals surface area contributed by atoms with Crippen LogP contribution in [0, 0.1) is 11.8 Å². The van der Waals surface area contributed by atoms with Gasteiger partial charge in [-0.25, -0.2) is 0 Å². The Morgan fingerprint density at radius 2 is 2.20 bits per heavy atom. The van der Waals surface area contributed by atoms with Crippen molar-refractivity contribution < 1.29 is 4.74 Å². The molecule has 0 saturated carbocycles. The molecule has 0 aromatic rings. The Bertz CT molecular complexity index is 120. The average Bonchev–Trinajstić information content (AvgIpc) is 2.35. The molecule has 0 radical (unpaired) electrons. The highest BCUT2D eigenvalue weighted by Gasteiger charge is 2.37. The SMILES string of the molecule is CC1COC2CNCC12.Cl. The van der Waals surface area contributed by atoms with E-state index in [1.165, 1.54) is 6.54 Å². The molecule has 2 nitrogen and oxygen atoms in total. The van der Waals surface area contributed by atoms with Gasteiger partial charge in [0.2, 0.25) is 0 Å². The monoisotopic (exact) mass is 163 g/mol. The second-order valence-corrected chi connectivity index (χ2v) is 3.17. The number of hydrogen-bond donors (Lipinski definition) is 1. The minimum atomic E-state index is 0. The van der Waals surface area contributed by atoms with Gasteiger partial charge in [-0.05, 0) is 5.92 Å². The van der Waals surface area contributed by atoms with Crippen molar-refractivity contribution in [2.75, 3.05) is 19.7 Å². The molecule has 2 aliphatic rings. The molecule has 0 aliphatic carbocycles. The van der Waals surface area contributed by atoms with Crippen LogP contribution < -0.4 is 5.32 Å². The Morgan fingerprint density at radius 3 is 2.90 bits per heavy atom. The van der Waals surface area contributed by atoms with Crippen molar-refractivity contribution in [1.82, 2.24) is 5.32 Å². The van der Waals surface area contributed by atoms with Gasteiger partial charge in [-0.3, -0.25) is 0 Å². The maximum atomic E-state index is 5.53. The van der Waals surface area contributed by atoms with Crippen LogP contribution in [0.3, 0.4) is 0 Å². The van der Waals surface area contributed by atoms with Gasteiger partial charge in [0.25, 0.3) is 0 Å². The molecule has 2 heterocycles. The van der Waals surface area contributed by atoms with Crippen molar-refractivity contribution >= 4 is 12.4 Å². The number of rotatable bonds is 0. The predicted molar refractivity (Wildman–Crippen MR) is 42.5 cm³/mol. The van der Waals surface area contributed by atoms with Crippen LogP contribution in [0.4, 0.5) is 0 Å². The van der Waals surface area contributed by atoms with Crippen molar-refractivity contribution in [3.05, 3.63) is 0 Å². The summed E-state index contributed by atoms with van der Waals surface area (Å²) in [4.78, 5) is 0. The van der Waals surface area contributed by atoms with E-state index in [1.54, 1.807) is 0 Å². The van der Waals surface area contributed by atoms with E-state index in [0.29, 0.717) is 6.10 Å². The lowest BCUT2D eigenvalue weighted by Gasteiger charge is -2.07. The normalized spacial score (nSPS) is 44.7. The molecule has 2 fully saturated rings. The fourth-order valence-electron chi connectivity index (χ4n) is 1.82. The van der Waals surface area contributed by atoms with Crippen molar-refractivity contribution in [2.45, 2.75) is 13.0 Å². The predicted octanol–water partition coefficient (Wildman–Crippen LogP) is 0.662. The molecule has 10 heavy (non-hydrogen) atoms. The Kier molecular flexibility index (Phi) is 2.55. The van der Waals surface area contributed by atoms with Crippen molar-refractivity contribution in [3.8, 4) is 0 Å². The van der Waals surface area contributed by atoms with Gasteiger partial charge >= 0.3 is 0 Å². The van der Waals surface area contributed by atoms with Crippen molar-refractivity contribution in [3.63, 3.8) is 0 Å². The van der Waals surface area contributed by atoms with E-state index >= 15 is 0 Å². The first-order valence-electron chi connectivity index (χ1n) is 3.70. The third kappa shape index (κ3) is 1.16. The summed E-state index contributed by atoms with van der Waals surface area (Å²) >= 11 is 0. The molecule has 2 rings (SSSR count). The van der Waals surface area contributed by atoms with E-state index < -0.39 is 0 Å². The molecule has 0 spiro atoms. The smallest absolute Gasteiger partial charge is 0.0743 e. The number of ether oxygens (including phenoxy) is 1. The second-order valence-electron chi connectivity index (χ2n) is 3.17. The number of fused-ring (bicyclic) bond motifs is 1. The molecule has 60 valence electrons. The van der Waals surface area contributed by atoms with Gasteiger partial charge in [0.05, 0.1) is 6.10 Å². The first-order chi connectivity index (χ1) is 4.38. The van der Waals surface area contributed by atoms with Gasteiger partial charge in [0.1, 0.15) is 0 Å². The summed E-state index contributed by atoms with van der Waals surface area (Å²) in [6.45, 7) is 5.51. The molecule has 0 bridgehead atoms. The van der Waals surface area contributed by atoms with E-state index in [9.17, 15) is 0 Å². The zero-order chi connectivity index (χ0) is 6.27. The highest BCUT2D eigenvalue weighted by atomic mass is 35.5. The van der Waals surface area contributed by atoms with E-state index in [2.05, 4.69) is 12.2 Å². The first-order valence-corrected chi connectivity index (χ1v) is 3.70. The summed E-state index contributed by atoms with van der Waals surface area (Å²) in [6, 6.07) is 0. The summed E-state index contributed by atoms with van der Waals surface area (Å²) in [5.74, 6) is 1.59. The zero-order valence-corrected chi connectivity index (χ0v) is 6.99. The van der Waals surface area contributed by atoms with E-state index in [1.807, 2.05) is 0 Å². The Labute approximate surface area is 67.7 Å². The fraction of sp³-hybridized carbons (Fsp3) is 1.00. The van der Waals surface area contributed by atoms with Crippen LogP contribution in [0.5, 0.6) is 0 Å². The van der Waals surface area contributed by atoms with Crippen LogP contribution >= 0.6 is 12.4 Å². The zero-order valence-electron chi connectivity index (χ0n) is 6.17. The summed E-state index contributed by atoms with van der Waals surface area (Å²) in [5, 5.41) is 3.33. The molecule has 2 aliphatic heterocycles. The van der Waals surface area contributed by atoms with Crippen molar-refractivity contribution in [2.24, 2.45) is 11.8 Å². The highest BCUT2D eigenvalue weighted by molar-refractivity contribution is 5.85. The highest BCUT2D eigenvalue weighted by Crippen LogP contribution is 2.28. The standard InChI is InChI=1S/C7H13NO.ClH/c1-5-4-9-7-3-8-2-6(5)7;/h5-8H,2-4H2,1H3;1H. The molecule has 2 saturated heterocycles. The lowest BCUT2D eigenvalue weighted by atomic mass is 9.95. The molecule has 0 aromatic carbocycles. The maximum absolute atomic E-state index is 5.53. The lowest BCUT2D eigenvalue weighted by Crippen LogP contribution is -2.15. The van der Waals surface area contributed by atoms with Crippen LogP contribution in [-0.4, -0.2) is 25.8 Å². The van der Waals surface area contributed by atoms with E-state index in [0.717, 1.165) is 25.0 Å². The molecular weight excluding hydrogens is 150 g/mol. The average molecular weight is 164 g/mol. The fourth-order valence-corrected chi connectivity index (χ4v) is 1.82. The van der Waals surface area contributed by atoms with Gasteiger partial charge in [0, 0.05) is 25.6 Å². The quantitative estimate of drug-likeness (QED) is 0.567. The summed E-state index contributed by atoms with van der Waals surface area (Å²) in [5.41, 5.74) is 0. The van der Waals surface area contributed by atoms with Crippen LogP contribution in [0.25, 0.3) is 0 Å². The Morgan fingerprint density at radius 1 is 1.40 bits per heavy atom. The van der Waals surface area contributed by atoms with Gasteiger partial charge in [-0.15, -0.1) is 12.4 Å². The van der Waals surface area contributed by atoms with E-state index in [-0.39, 0.29) is 12.4 Å². The lowest BCUT2D eigenvalue weighted by molar-refractivity contribution is 0.110. The number of halogens is 1. The minimum absolute atomic E-state index is 0. The van der Waals surface area contributed by atoms with Crippen molar-refractivity contribution in [1.29, 1.82) is 0 Å². The van der Waals surface area contributed by atoms with Crippen LogP contribution in [0.1, 0.15) is 6.92 Å². The summed E-state index contributed by atoms with van der Waals surface area (Å²) in [6.07, 6.45) is 0.542. The second kappa shape index (κ2) is 3.07. The Hall–Kier alpha value is 0.210. The van der Waals surface area contributed by atoms with Gasteiger partial charge < -0.3 is 10.1 Å². The number of nitrogens with one attached hydrogen (secondary N) is 1. The topological polar surface area (TPSA) is 21.3 Å². The third-order valence-corrected chi connectivity index (χ3v) is 2.51. The van der Waals surface area contributed by atoms with Crippen LogP contribution in [0.2, 0.25) is 0 Å². The van der Waals surface area contributed by atoms with E-state index in [4.69, 9.17) is 4.74 Å². The van der Waals surface area contributed by atoms with Gasteiger partial charge in [-0.2, -0.15) is 0 Å². The van der Waals surface area contributed by atoms with Crippen LogP contribution in [-0.2, 0) is 4.74 Å². The molecule has 0 amide bonds. The van der Waals surface area contributed by atoms with Crippen LogP contribution in [0.15, 0.2) is 0 Å². The Balaban J connectivity index is 0.000000500. The maximum Gasteiger partial charge on any atom is 0.0743 e. The molecule has 3 unspecified atom stereocenters.